The van der Waals surface area contributed by atoms with E-state index in [1.165, 1.54) is 12.1 Å². The summed E-state index contributed by atoms with van der Waals surface area (Å²) >= 11 is 0. The molecular formula is C18H26FN3O2. The first kappa shape index (κ1) is 18.2. The minimum Gasteiger partial charge on any atom is -0.338 e. The Hall–Kier alpha value is -2.11. The van der Waals surface area contributed by atoms with E-state index in [4.69, 9.17) is 0 Å². The van der Waals surface area contributed by atoms with Crippen LogP contribution in [0.2, 0.25) is 0 Å². The van der Waals surface area contributed by atoms with E-state index in [-0.39, 0.29) is 29.7 Å². The van der Waals surface area contributed by atoms with Gasteiger partial charge < -0.3 is 15.5 Å². The molecule has 5 nitrogen and oxygen atoms in total. The topological polar surface area (TPSA) is 61.4 Å². The molecule has 0 aliphatic carbocycles. The summed E-state index contributed by atoms with van der Waals surface area (Å²) in [5, 5.41) is 5.78. The van der Waals surface area contributed by atoms with E-state index in [1.807, 2.05) is 13.8 Å². The van der Waals surface area contributed by atoms with E-state index in [0.717, 1.165) is 18.4 Å². The van der Waals surface area contributed by atoms with Crippen LogP contribution in [0.5, 0.6) is 0 Å². The Morgan fingerprint density at radius 3 is 2.58 bits per heavy atom. The molecule has 0 unspecified atom stereocenters. The maximum atomic E-state index is 12.9. The van der Waals surface area contributed by atoms with Gasteiger partial charge in [-0.25, -0.2) is 9.18 Å². The molecule has 24 heavy (non-hydrogen) atoms. The number of nitrogens with one attached hydrogen (secondary N) is 2. The predicted molar refractivity (Wildman–Crippen MR) is 90.8 cm³/mol. The van der Waals surface area contributed by atoms with E-state index in [1.54, 1.807) is 17.0 Å². The van der Waals surface area contributed by atoms with E-state index in [2.05, 4.69) is 10.6 Å². The van der Waals surface area contributed by atoms with E-state index >= 15 is 0 Å². The molecule has 0 radical (unpaired) electrons. The van der Waals surface area contributed by atoms with Crippen molar-refractivity contribution in [1.29, 1.82) is 0 Å². The first-order valence-electron chi connectivity index (χ1n) is 8.58. The van der Waals surface area contributed by atoms with Gasteiger partial charge in [0, 0.05) is 38.0 Å². The largest absolute Gasteiger partial charge is 0.338 e. The molecule has 2 rings (SSSR count). The summed E-state index contributed by atoms with van der Waals surface area (Å²) < 4.78 is 12.9. The Morgan fingerprint density at radius 1 is 1.29 bits per heavy atom. The molecule has 0 aromatic heterocycles. The van der Waals surface area contributed by atoms with Gasteiger partial charge in [-0.15, -0.1) is 0 Å². The van der Waals surface area contributed by atoms with Gasteiger partial charge in [0.25, 0.3) is 0 Å². The third kappa shape index (κ3) is 5.22. The van der Waals surface area contributed by atoms with Gasteiger partial charge in [-0.3, -0.25) is 4.79 Å². The molecule has 1 aromatic carbocycles. The number of hydrogen-bond donors (Lipinski definition) is 2. The van der Waals surface area contributed by atoms with Crippen LogP contribution in [0.4, 0.5) is 9.18 Å². The maximum absolute atomic E-state index is 12.9. The molecule has 1 heterocycles. The first-order valence-corrected chi connectivity index (χ1v) is 8.58. The van der Waals surface area contributed by atoms with Gasteiger partial charge in [-0.1, -0.05) is 26.0 Å². The molecule has 2 N–H and O–H groups in total. The summed E-state index contributed by atoms with van der Waals surface area (Å²) in [7, 11) is 0. The van der Waals surface area contributed by atoms with E-state index < -0.39 is 0 Å². The Labute approximate surface area is 142 Å². The van der Waals surface area contributed by atoms with Gasteiger partial charge in [0.15, 0.2) is 0 Å². The summed E-state index contributed by atoms with van der Waals surface area (Å²) in [6.45, 7) is 5.66. The lowest BCUT2D eigenvalue weighted by atomic mass is 10.1. The predicted octanol–water partition coefficient (Wildman–Crippen LogP) is 2.66. The average Bonchev–Trinajstić information content (AvgIpc) is 2.92. The number of benzene rings is 1. The van der Waals surface area contributed by atoms with Gasteiger partial charge in [0.1, 0.15) is 5.82 Å². The molecule has 1 aromatic rings. The summed E-state index contributed by atoms with van der Waals surface area (Å²) in [6.07, 6.45) is 2.24. The fourth-order valence-electron chi connectivity index (χ4n) is 2.92. The zero-order valence-electron chi connectivity index (χ0n) is 14.3. The minimum absolute atomic E-state index is 0.0755. The molecule has 132 valence electrons. The zero-order chi connectivity index (χ0) is 17.5. The Kier molecular flexibility index (Phi) is 6.58. The highest BCUT2D eigenvalue weighted by Gasteiger charge is 2.29. The summed E-state index contributed by atoms with van der Waals surface area (Å²) in [4.78, 5) is 25.7. The Morgan fingerprint density at radius 2 is 1.96 bits per heavy atom. The smallest absolute Gasteiger partial charge is 0.315 e. The lowest BCUT2D eigenvalue weighted by molar-refractivity contribution is -0.128. The van der Waals surface area contributed by atoms with E-state index in [9.17, 15) is 14.0 Å². The summed E-state index contributed by atoms with van der Waals surface area (Å²) in [6, 6.07) is 6.20. The quantitative estimate of drug-likeness (QED) is 0.805. The number of halogens is 1. The highest BCUT2D eigenvalue weighted by Crippen LogP contribution is 2.19. The molecule has 0 bridgehead atoms. The lowest BCUT2D eigenvalue weighted by Crippen LogP contribution is -2.43. The number of hydrogen-bond acceptors (Lipinski definition) is 2. The fourth-order valence-corrected chi connectivity index (χ4v) is 2.92. The van der Waals surface area contributed by atoms with Gasteiger partial charge >= 0.3 is 6.03 Å². The third-order valence-corrected chi connectivity index (χ3v) is 4.45. The molecule has 0 spiro atoms. The maximum Gasteiger partial charge on any atom is 0.315 e. The van der Waals surface area contributed by atoms with Crippen LogP contribution < -0.4 is 10.6 Å². The number of nitrogens with zero attached hydrogens (tertiary/aromatic N) is 1. The molecule has 0 saturated carbocycles. The standard InChI is InChI=1S/C18H26FN3O2/c1-3-16(4-2)21-18(24)20-10-14-9-17(23)22(12-14)11-13-5-7-15(19)8-6-13/h5-8,14,16H,3-4,9-12H2,1-2H3,(H2,20,21,24)/t14-/m0/s1. The molecule has 1 saturated heterocycles. The second-order valence-electron chi connectivity index (χ2n) is 6.34. The fraction of sp³-hybridized carbons (Fsp3) is 0.556. The minimum atomic E-state index is -0.281. The van der Waals surface area contributed by atoms with Gasteiger partial charge in [-0.2, -0.15) is 0 Å². The third-order valence-electron chi connectivity index (χ3n) is 4.45. The highest BCUT2D eigenvalue weighted by atomic mass is 19.1. The average molecular weight is 335 g/mol. The van der Waals surface area contributed by atoms with E-state index in [0.29, 0.717) is 26.1 Å². The van der Waals surface area contributed by atoms with Crippen LogP contribution in [0.3, 0.4) is 0 Å². The monoisotopic (exact) mass is 335 g/mol. The molecule has 3 amide bonds. The first-order chi connectivity index (χ1) is 11.5. The molecule has 1 atom stereocenters. The Balaban J connectivity index is 1.77. The lowest BCUT2D eigenvalue weighted by Gasteiger charge is -2.18. The Bertz CT molecular complexity index is 558. The van der Waals surface area contributed by atoms with Gasteiger partial charge in [-0.05, 0) is 30.5 Å². The van der Waals surface area contributed by atoms with Crippen LogP contribution in [0.1, 0.15) is 38.7 Å². The molecule has 6 heteroatoms. The summed E-state index contributed by atoms with van der Waals surface area (Å²) in [5.41, 5.74) is 0.907. The molecular weight excluding hydrogens is 309 g/mol. The summed E-state index contributed by atoms with van der Waals surface area (Å²) in [5.74, 6) is -0.0889. The number of likely N-dealkylation sites (tertiary alicyclic amines) is 1. The molecule has 1 aliphatic rings. The van der Waals surface area contributed by atoms with Crippen LogP contribution in [0, 0.1) is 11.7 Å². The number of carbonyl (C=O) groups is 2. The van der Waals surface area contributed by atoms with Crippen LogP contribution in [-0.4, -0.2) is 36.0 Å². The highest BCUT2D eigenvalue weighted by molar-refractivity contribution is 5.79. The molecule has 1 fully saturated rings. The number of amides is 3. The van der Waals surface area contributed by atoms with Crippen LogP contribution in [0.15, 0.2) is 24.3 Å². The van der Waals surface area contributed by atoms with Crippen molar-refractivity contribution in [1.82, 2.24) is 15.5 Å². The normalized spacial score (nSPS) is 17.4. The van der Waals surface area contributed by atoms with Crippen molar-refractivity contribution in [2.45, 2.75) is 45.7 Å². The molecule has 1 aliphatic heterocycles. The van der Waals surface area contributed by atoms with Gasteiger partial charge in [0.05, 0.1) is 0 Å². The second kappa shape index (κ2) is 8.66. The van der Waals surface area contributed by atoms with Crippen molar-refractivity contribution >= 4 is 11.9 Å². The van der Waals surface area contributed by atoms with Crippen LogP contribution >= 0.6 is 0 Å². The number of carbonyl (C=O) groups excluding carboxylic acids is 2. The van der Waals surface area contributed by atoms with Crippen molar-refractivity contribution < 1.29 is 14.0 Å². The van der Waals surface area contributed by atoms with Crippen molar-refractivity contribution in [3.8, 4) is 0 Å². The van der Waals surface area contributed by atoms with Crippen molar-refractivity contribution in [2.24, 2.45) is 5.92 Å². The second-order valence-corrected chi connectivity index (χ2v) is 6.34. The van der Waals surface area contributed by atoms with Crippen molar-refractivity contribution in [2.75, 3.05) is 13.1 Å². The SMILES string of the molecule is CCC(CC)NC(=O)NC[C@@H]1CC(=O)N(Cc2ccc(F)cc2)C1. The van der Waals surface area contributed by atoms with Crippen molar-refractivity contribution in [3.63, 3.8) is 0 Å². The van der Waals surface area contributed by atoms with Crippen LogP contribution in [0.25, 0.3) is 0 Å². The zero-order valence-corrected chi connectivity index (χ0v) is 14.3. The van der Waals surface area contributed by atoms with Crippen LogP contribution in [-0.2, 0) is 11.3 Å². The number of rotatable bonds is 7. The number of urea groups is 1. The van der Waals surface area contributed by atoms with Gasteiger partial charge in [0.2, 0.25) is 5.91 Å². The van der Waals surface area contributed by atoms with Crippen molar-refractivity contribution in [3.05, 3.63) is 35.6 Å².